The Morgan fingerprint density at radius 3 is 2.80 bits per heavy atom. The quantitative estimate of drug-likeness (QED) is 0.903. The number of nitrogens with zero attached hydrogens (tertiary/aromatic N) is 1. The van der Waals surface area contributed by atoms with Crippen LogP contribution in [0.15, 0.2) is 23.1 Å². The van der Waals surface area contributed by atoms with Crippen molar-refractivity contribution in [3.8, 4) is 0 Å². The molecule has 1 N–H and O–H groups in total. The van der Waals surface area contributed by atoms with Gasteiger partial charge in [0.25, 0.3) is 0 Å². The zero-order valence-electron chi connectivity index (χ0n) is 11.5. The van der Waals surface area contributed by atoms with Crippen molar-refractivity contribution in [3.05, 3.63) is 29.6 Å². The minimum Gasteiger partial charge on any atom is -0.310 e. The first-order chi connectivity index (χ1) is 9.46. The van der Waals surface area contributed by atoms with E-state index in [0.29, 0.717) is 19.1 Å². The molecule has 2 heterocycles. The molecule has 0 spiro atoms. The number of halogens is 1. The Balaban J connectivity index is 1.93. The van der Waals surface area contributed by atoms with E-state index in [0.717, 1.165) is 24.8 Å². The Bertz CT molecular complexity index is 618. The average Bonchev–Trinajstić information content (AvgIpc) is 2.71. The van der Waals surface area contributed by atoms with Gasteiger partial charge in [0, 0.05) is 25.2 Å². The van der Waals surface area contributed by atoms with Crippen LogP contribution in [0, 0.1) is 12.7 Å². The predicted molar refractivity (Wildman–Crippen MR) is 74.5 cm³/mol. The van der Waals surface area contributed by atoms with Gasteiger partial charge in [-0.3, -0.25) is 0 Å². The van der Waals surface area contributed by atoms with Crippen molar-refractivity contribution in [3.63, 3.8) is 0 Å². The van der Waals surface area contributed by atoms with Crippen molar-refractivity contribution < 1.29 is 12.8 Å². The molecule has 0 radical (unpaired) electrons. The summed E-state index contributed by atoms with van der Waals surface area (Å²) in [5.41, 5.74) is 0.749. The van der Waals surface area contributed by atoms with E-state index in [1.807, 2.05) is 0 Å². The van der Waals surface area contributed by atoms with E-state index in [1.54, 1.807) is 13.0 Å². The van der Waals surface area contributed by atoms with Crippen LogP contribution in [0.3, 0.4) is 0 Å². The molecule has 2 aliphatic rings. The highest BCUT2D eigenvalue weighted by Crippen LogP contribution is 2.26. The second-order valence-electron chi connectivity index (χ2n) is 5.72. The third-order valence-corrected chi connectivity index (χ3v) is 6.07. The van der Waals surface area contributed by atoms with Gasteiger partial charge in [-0.1, -0.05) is 6.07 Å². The molecular formula is C14H19FN2O2S. The van der Waals surface area contributed by atoms with Gasteiger partial charge in [-0.2, -0.15) is 4.31 Å². The van der Waals surface area contributed by atoms with Crippen molar-refractivity contribution in [2.75, 3.05) is 13.1 Å². The zero-order chi connectivity index (χ0) is 14.3. The van der Waals surface area contributed by atoms with Crippen LogP contribution < -0.4 is 5.32 Å². The maximum absolute atomic E-state index is 13.9. The fourth-order valence-electron chi connectivity index (χ4n) is 3.08. The number of aryl methyl sites for hydroxylation is 1. The first kappa shape index (κ1) is 14.0. The predicted octanol–water partition coefficient (Wildman–Crippen LogP) is 1.65. The van der Waals surface area contributed by atoms with Crippen LogP contribution in [-0.2, 0) is 10.0 Å². The number of nitrogens with one attached hydrogen (secondary N) is 1. The number of benzene rings is 1. The molecule has 0 aliphatic carbocycles. The SMILES string of the molecule is Cc1ccc(F)c(S(=O)(=O)N2CCC3CCC(C2)N3)c1. The molecule has 0 amide bonds. The van der Waals surface area contributed by atoms with Crippen molar-refractivity contribution in [2.24, 2.45) is 0 Å². The lowest BCUT2D eigenvalue weighted by atomic mass is 10.1. The lowest BCUT2D eigenvalue weighted by molar-refractivity contribution is 0.381. The molecule has 2 fully saturated rings. The minimum atomic E-state index is -3.74. The molecule has 2 atom stereocenters. The Hall–Kier alpha value is -0.980. The number of sulfonamides is 1. The van der Waals surface area contributed by atoms with Gasteiger partial charge in [0.05, 0.1) is 0 Å². The van der Waals surface area contributed by atoms with Gasteiger partial charge in [0.2, 0.25) is 10.0 Å². The molecule has 0 saturated carbocycles. The highest BCUT2D eigenvalue weighted by molar-refractivity contribution is 7.89. The molecule has 110 valence electrons. The molecule has 3 rings (SSSR count). The molecule has 6 heteroatoms. The number of rotatable bonds is 2. The van der Waals surface area contributed by atoms with Crippen LogP contribution in [0.1, 0.15) is 24.8 Å². The molecule has 2 aliphatic heterocycles. The molecule has 20 heavy (non-hydrogen) atoms. The highest BCUT2D eigenvalue weighted by atomic mass is 32.2. The largest absolute Gasteiger partial charge is 0.310 e. The van der Waals surface area contributed by atoms with Crippen molar-refractivity contribution in [1.82, 2.24) is 9.62 Å². The average molecular weight is 298 g/mol. The minimum absolute atomic E-state index is 0.199. The molecule has 2 saturated heterocycles. The van der Waals surface area contributed by atoms with E-state index in [1.165, 1.54) is 16.4 Å². The highest BCUT2D eigenvalue weighted by Gasteiger charge is 2.35. The summed E-state index contributed by atoms with van der Waals surface area (Å²) in [4.78, 5) is -0.199. The number of fused-ring (bicyclic) bond motifs is 2. The molecule has 4 nitrogen and oxygen atoms in total. The van der Waals surface area contributed by atoms with Crippen LogP contribution in [0.5, 0.6) is 0 Å². The van der Waals surface area contributed by atoms with E-state index >= 15 is 0 Å². The Morgan fingerprint density at radius 1 is 1.25 bits per heavy atom. The summed E-state index contributed by atoms with van der Waals surface area (Å²) < 4.78 is 40.6. The second kappa shape index (κ2) is 5.09. The normalized spacial score (nSPS) is 27.5. The second-order valence-corrected chi connectivity index (χ2v) is 7.63. The van der Waals surface area contributed by atoms with Crippen LogP contribution >= 0.6 is 0 Å². The van der Waals surface area contributed by atoms with E-state index in [2.05, 4.69) is 5.32 Å². The molecule has 2 unspecified atom stereocenters. The first-order valence-electron chi connectivity index (χ1n) is 6.99. The van der Waals surface area contributed by atoms with E-state index in [4.69, 9.17) is 0 Å². The maximum Gasteiger partial charge on any atom is 0.246 e. The smallest absolute Gasteiger partial charge is 0.246 e. The third-order valence-electron chi connectivity index (χ3n) is 4.19. The summed E-state index contributed by atoms with van der Waals surface area (Å²) in [6.07, 6.45) is 2.90. The van der Waals surface area contributed by atoms with Gasteiger partial charge < -0.3 is 5.32 Å². The molecule has 2 bridgehead atoms. The van der Waals surface area contributed by atoms with E-state index < -0.39 is 15.8 Å². The Kier molecular flexibility index (Phi) is 3.56. The fraction of sp³-hybridized carbons (Fsp3) is 0.571. The van der Waals surface area contributed by atoms with Crippen LogP contribution in [0.25, 0.3) is 0 Å². The van der Waals surface area contributed by atoms with Crippen LogP contribution in [-0.4, -0.2) is 37.9 Å². The van der Waals surface area contributed by atoms with Gasteiger partial charge in [-0.05, 0) is 43.9 Å². The van der Waals surface area contributed by atoms with Crippen LogP contribution in [0.2, 0.25) is 0 Å². The summed E-state index contributed by atoms with van der Waals surface area (Å²) in [6, 6.07) is 4.83. The van der Waals surface area contributed by atoms with Crippen LogP contribution in [0.4, 0.5) is 4.39 Å². The maximum atomic E-state index is 13.9. The molecule has 0 aromatic heterocycles. The monoisotopic (exact) mass is 298 g/mol. The molecule has 1 aromatic carbocycles. The standard InChI is InChI=1S/C14H19FN2O2S/c1-10-2-5-13(15)14(8-10)20(18,19)17-7-6-11-3-4-12(9-17)16-11/h2,5,8,11-12,16H,3-4,6-7,9H2,1H3. The number of hydrogen-bond acceptors (Lipinski definition) is 3. The summed E-state index contributed by atoms with van der Waals surface area (Å²) in [5.74, 6) is -0.669. The van der Waals surface area contributed by atoms with Gasteiger partial charge in [-0.25, -0.2) is 12.8 Å². The van der Waals surface area contributed by atoms with Gasteiger partial charge in [-0.15, -0.1) is 0 Å². The van der Waals surface area contributed by atoms with Crippen molar-refractivity contribution in [2.45, 2.75) is 43.2 Å². The topological polar surface area (TPSA) is 49.4 Å². The lowest BCUT2D eigenvalue weighted by Gasteiger charge is -2.24. The summed E-state index contributed by atoms with van der Waals surface area (Å²) in [6.45, 7) is 2.67. The van der Waals surface area contributed by atoms with Gasteiger partial charge >= 0.3 is 0 Å². The number of hydrogen-bond donors (Lipinski definition) is 1. The lowest BCUT2D eigenvalue weighted by Crippen LogP contribution is -2.39. The van der Waals surface area contributed by atoms with E-state index in [-0.39, 0.29) is 10.9 Å². The van der Waals surface area contributed by atoms with Crippen molar-refractivity contribution in [1.29, 1.82) is 0 Å². The molecule has 1 aromatic rings. The van der Waals surface area contributed by atoms with Gasteiger partial charge in [0.1, 0.15) is 10.7 Å². The summed E-state index contributed by atoms with van der Waals surface area (Å²) in [7, 11) is -3.74. The summed E-state index contributed by atoms with van der Waals surface area (Å²) >= 11 is 0. The van der Waals surface area contributed by atoms with Gasteiger partial charge in [0.15, 0.2) is 0 Å². The zero-order valence-corrected chi connectivity index (χ0v) is 12.3. The third kappa shape index (κ3) is 2.47. The first-order valence-corrected chi connectivity index (χ1v) is 8.43. The van der Waals surface area contributed by atoms with Crippen molar-refractivity contribution >= 4 is 10.0 Å². The van der Waals surface area contributed by atoms with E-state index in [9.17, 15) is 12.8 Å². The Morgan fingerprint density at radius 2 is 2.00 bits per heavy atom. The summed E-state index contributed by atoms with van der Waals surface area (Å²) in [5, 5.41) is 3.43. The Labute approximate surface area is 119 Å². The fourth-order valence-corrected chi connectivity index (χ4v) is 4.73. The molecular weight excluding hydrogens is 279 g/mol.